The average Bonchev–Trinajstić information content (AvgIpc) is 3.24. The first-order chi connectivity index (χ1) is 31.0. The van der Waals surface area contributed by atoms with Crippen molar-refractivity contribution in [1.82, 2.24) is 60.9 Å². The number of hydrogen-bond donors (Lipinski definition) is 6. The topological polar surface area (TPSA) is 309 Å². The fourth-order valence-corrected chi connectivity index (χ4v) is 5.24. The fourth-order valence-electron chi connectivity index (χ4n) is 5.24. The number of likely N-dealkylation sites (N-methyl/N-ethyl adjacent to an activating group) is 4. The molecule has 0 bridgehead atoms. The first kappa shape index (κ1) is 61.7. The monoisotopic (exact) mass is 945 g/mol. The summed E-state index contributed by atoms with van der Waals surface area (Å²) in [6.07, 6.45) is 0. The van der Waals surface area contributed by atoms with Gasteiger partial charge in [0.05, 0.1) is 39.5 Å². The Hall–Kier alpha value is -6.41. The van der Waals surface area contributed by atoms with E-state index < -0.39 is 92.7 Å². The Morgan fingerprint density at radius 2 is 0.818 bits per heavy atom. The molecule has 0 heterocycles. The van der Waals surface area contributed by atoms with Crippen LogP contribution in [-0.4, -0.2) is 231 Å². The molecule has 0 aliphatic carbocycles. The molecule has 0 saturated heterocycles. The lowest BCUT2D eigenvalue weighted by atomic mass is 10.3. The number of carbonyl (C=O) groups excluding carboxylic acids is 11. The lowest BCUT2D eigenvalue weighted by Gasteiger charge is -2.35. The van der Waals surface area contributed by atoms with Crippen LogP contribution >= 0.6 is 0 Å². The third-order valence-corrected chi connectivity index (χ3v) is 8.68. The largest absolute Gasteiger partial charge is 0.376 e. The molecule has 0 rings (SSSR count). The lowest BCUT2D eigenvalue weighted by Crippen LogP contribution is -2.55. The van der Waals surface area contributed by atoms with Gasteiger partial charge in [-0.15, -0.1) is 0 Å². The van der Waals surface area contributed by atoms with E-state index in [4.69, 9.17) is 14.6 Å². The Balaban J connectivity index is 0. The van der Waals surface area contributed by atoms with Crippen molar-refractivity contribution < 1.29 is 67.3 Å². The molecule has 0 aromatic carbocycles. The molecule has 0 fully saturated rings. The van der Waals surface area contributed by atoms with Crippen LogP contribution in [0.4, 0.5) is 0 Å². The third kappa shape index (κ3) is 27.0. The van der Waals surface area contributed by atoms with Gasteiger partial charge in [0, 0.05) is 73.8 Å². The highest BCUT2D eigenvalue weighted by molar-refractivity contribution is 5.91. The molecule has 0 aromatic heterocycles. The minimum Gasteiger partial charge on any atom is -0.376 e. The van der Waals surface area contributed by atoms with E-state index >= 15 is 0 Å². The van der Waals surface area contributed by atoms with E-state index in [1.165, 1.54) is 51.7 Å². The molecule has 0 aromatic rings. The summed E-state index contributed by atoms with van der Waals surface area (Å²) in [6.45, 7) is 13.2. The summed E-state index contributed by atoms with van der Waals surface area (Å²) < 4.78 is 10.0. The minimum absolute atomic E-state index is 0.0247. The minimum atomic E-state index is -0.727. The standard InChI is InChI=1S/C29H51N9O9.C11H21N3O5/c1-9-30-25(42)15-36(27(44)12-32-22(5)39)19-37(28(45)13-33-23(6)40)17-29(46)34(11-3)18-35(24(7)41)14-21(4)38(20-47-8)16-26(43)31-10-2;1-4-12-10(17)5-14(8-19-3)11(18)6-13(7-15)9(2)16/h4,9-20H2,1-3,5-8H3,(H,30,42)(H,31,43)(H,32,39)(H,33,40);15H,4-8H2,1-3H3,(H,12,17). The van der Waals surface area contributed by atoms with Crippen molar-refractivity contribution in [1.29, 1.82) is 0 Å². The smallest absolute Gasteiger partial charge is 0.244 e. The number of amides is 11. The quantitative estimate of drug-likeness (QED) is 0.0371. The maximum absolute atomic E-state index is 13.6. The Bertz CT molecular complexity index is 1650. The van der Waals surface area contributed by atoms with Crippen LogP contribution in [-0.2, 0) is 62.2 Å². The van der Waals surface area contributed by atoms with E-state index in [0.29, 0.717) is 18.8 Å². The lowest BCUT2D eigenvalue weighted by molar-refractivity contribution is -0.148. The van der Waals surface area contributed by atoms with Crippen molar-refractivity contribution in [3.05, 3.63) is 12.3 Å². The van der Waals surface area contributed by atoms with Gasteiger partial charge in [0.25, 0.3) is 0 Å². The molecule has 0 aliphatic rings. The van der Waals surface area contributed by atoms with Gasteiger partial charge in [-0.05, 0) is 27.7 Å². The van der Waals surface area contributed by atoms with Gasteiger partial charge in [0.1, 0.15) is 46.4 Å². The molecule has 0 atom stereocenters. The molecule has 26 heteroatoms. The maximum atomic E-state index is 13.6. The van der Waals surface area contributed by atoms with Gasteiger partial charge in [-0.2, -0.15) is 0 Å². The van der Waals surface area contributed by atoms with Gasteiger partial charge in [0.15, 0.2) is 0 Å². The van der Waals surface area contributed by atoms with Crippen molar-refractivity contribution in [2.45, 2.75) is 55.4 Å². The zero-order valence-corrected chi connectivity index (χ0v) is 40.1. The molecular weight excluding hydrogens is 873 g/mol. The number of aliphatic hydroxyl groups is 1. The molecular formula is C40H72N12O14. The fraction of sp³-hybridized carbons (Fsp3) is 0.675. The molecule has 66 heavy (non-hydrogen) atoms. The zero-order valence-electron chi connectivity index (χ0n) is 40.1. The number of nitrogens with zero attached hydrogens (tertiary/aromatic N) is 7. The highest BCUT2D eigenvalue weighted by atomic mass is 16.5. The Morgan fingerprint density at radius 1 is 0.455 bits per heavy atom. The maximum Gasteiger partial charge on any atom is 0.244 e. The molecule has 26 nitrogen and oxygen atoms in total. The second-order valence-corrected chi connectivity index (χ2v) is 14.2. The van der Waals surface area contributed by atoms with Crippen molar-refractivity contribution >= 4 is 65.0 Å². The van der Waals surface area contributed by atoms with E-state index in [1.54, 1.807) is 32.6 Å². The molecule has 376 valence electrons. The van der Waals surface area contributed by atoms with E-state index in [9.17, 15) is 52.7 Å². The summed E-state index contributed by atoms with van der Waals surface area (Å²) in [6, 6.07) is 0. The van der Waals surface area contributed by atoms with Crippen molar-refractivity contribution in [3.8, 4) is 0 Å². The molecule has 0 aliphatic heterocycles. The highest BCUT2D eigenvalue weighted by Crippen LogP contribution is 2.09. The number of hydrogen-bond acceptors (Lipinski definition) is 15. The summed E-state index contributed by atoms with van der Waals surface area (Å²) in [5.74, 6) is -5.45. The summed E-state index contributed by atoms with van der Waals surface area (Å²) in [4.78, 5) is 143. The Kier molecular flexibility index (Phi) is 32.6. The van der Waals surface area contributed by atoms with Crippen molar-refractivity contribution in [2.75, 3.05) is 126 Å². The van der Waals surface area contributed by atoms with Crippen LogP contribution in [0.3, 0.4) is 0 Å². The first-order valence-electron chi connectivity index (χ1n) is 21.0. The predicted molar refractivity (Wildman–Crippen MR) is 237 cm³/mol. The summed E-state index contributed by atoms with van der Waals surface area (Å²) in [5, 5.41) is 21.4. The van der Waals surface area contributed by atoms with Gasteiger partial charge in [-0.1, -0.05) is 6.58 Å². The summed E-state index contributed by atoms with van der Waals surface area (Å²) in [5.41, 5.74) is 0.377. The second-order valence-electron chi connectivity index (χ2n) is 14.2. The van der Waals surface area contributed by atoms with Crippen LogP contribution in [0.15, 0.2) is 12.3 Å². The second kappa shape index (κ2) is 34.9. The van der Waals surface area contributed by atoms with Gasteiger partial charge in [-0.3, -0.25) is 52.7 Å². The Morgan fingerprint density at radius 3 is 1.20 bits per heavy atom. The number of carbonyl (C=O) groups is 11. The summed E-state index contributed by atoms with van der Waals surface area (Å²) >= 11 is 0. The number of methoxy groups -OCH3 is 2. The average molecular weight is 945 g/mol. The van der Waals surface area contributed by atoms with Crippen LogP contribution in [0.1, 0.15) is 55.4 Å². The van der Waals surface area contributed by atoms with Gasteiger partial charge >= 0.3 is 0 Å². The molecule has 0 spiro atoms. The van der Waals surface area contributed by atoms with Crippen LogP contribution in [0, 0.1) is 0 Å². The van der Waals surface area contributed by atoms with Crippen LogP contribution in [0.2, 0.25) is 0 Å². The van der Waals surface area contributed by atoms with Gasteiger partial charge in [-0.25, -0.2) is 0 Å². The van der Waals surface area contributed by atoms with Gasteiger partial charge < -0.3 is 75.5 Å². The normalized spacial score (nSPS) is 10.1. The molecule has 0 radical (unpaired) electrons. The number of nitrogens with one attached hydrogen (secondary N) is 5. The molecule has 0 unspecified atom stereocenters. The number of ether oxygens (including phenoxy) is 2. The van der Waals surface area contributed by atoms with Crippen molar-refractivity contribution in [3.63, 3.8) is 0 Å². The zero-order chi connectivity index (χ0) is 50.9. The number of rotatable bonds is 30. The first-order valence-corrected chi connectivity index (χ1v) is 21.0. The third-order valence-electron chi connectivity index (χ3n) is 8.68. The van der Waals surface area contributed by atoms with E-state index in [0.717, 1.165) is 19.6 Å². The van der Waals surface area contributed by atoms with Crippen LogP contribution < -0.4 is 26.6 Å². The Labute approximate surface area is 386 Å². The van der Waals surface area contributed by atoms with E-state index in [1.807, 2.05) is 0 Å². The SMILES string of the molecule is C=C(CN(CN(CC)C(=O)CN(CN(CC(=O)NCC)C(=O)CNC(C)=O)C(=O)CNC(C)=O)C(C)=O)N(COC)CC(=O)NCC.CCNC(=O)CN(COC)C(=O)CN(CO)C(C)=O. The predicted octanol–water partition coefficient (Wildman–Crippen LogP) is -4.43. The van der Waals surface area contributed by atoms with Gasteiger partial charge in [0.2, 0.25) is 65.0 Å². The highest BCUT2D eigenvalue weighted by Gasteiger charge is 2.28. The molecule has 0 saturated carbocycles. The number of aliphatic hydroxyl groups excluding tert-OH is 1. The van der Waals surface area contributed by atoms with Crippen molar-refractivity contribution in [2.24, 2.45) is 0 Å². The van der Waals surface area contributed by atoms with Crippen LogP contribution in [0.5, 0.6) is 0 Å². The summed E-state index contributed by atoms with van der Waals surface area (Å²) in [7, 11) is 2.84. The molecule has 11 amide bonds. The van der Waals surface area contributed by atoms with E-state index in [2.05, 4.69) is 33.2 Å². The van der Waals surface area contributed by atoms with E-state index in [-0.39, 0.29) is 71.2 Å². The van der Waals surface area contributed by atoms with Crippen LogP contribution in [0.25, 0.3) is 0 Å². The molecule has 6 N–H and O–H groups in total.